The number of hydrogen-bond donors (Lipinski definition) is 0. The molecule has 0 amide bonds. The Morgan fingerprint density at radius 3 is 2.83 bits per heavy atom. The molecular formula is C14H18ClNO2. The Morgan fingerprint density at radius 2 is 2.11 bits per heavy atom. The number of nitrogens with zero attached hydrogens (tertiary/aromatic N) is 1. The lowest BCUT2D eigenvalue weighted by molar-refractivity contribution is -0.385. The number of hydrogen-bond acceptors (Lipinski definition) is 2. The Morgan fingerprint density at radius 1 is 1.39 bits per heavy atom. The number of rotatable bonds is 3. The highest BCUT2D eigenvalue weighted by molar-refractivity contribution is 6.20. The molecule has 98 valence electrons. The van der Waals surface area contributed by atoms with E-state index < -0.39 is 0 Å². The van der Waals surface area contributed by atoms with Crippen LogP contribution in [0.15, 0.2) is 24.3 Å². The second kappa shape index (κ2) is 5.70. The predicted molar refractivity (Wildman–Crippen MR) is 72.9 cm³/mol. The van der Waals surface area contributed by atoms with Crippen LogP contribution in [-0.2, 0) is 6.42 Å². The van der Waals surface area contributed by atoms with E-state index in [0.717, 1.165) is 24.8 Å². The van der Waals surface area contributed by atoms with Crippen molar-refractivity contribution in [3.63, 3.8) is 0 Å². The third-order valence-electron chi connectivity index (χ3n) is 3.82. The fourth-order valence-corrected chi connectivity index (χ4v) is 3.13. The molecule has 1 saturated carbocycles. The lowest BCUT2D eigenvalue weighted by Crippen LogP contribution is -2.26. The maximum Gasteiger partial charge on any atom is 0.272 e. The molecule has 0 aromatic heterocycles. The molecule has 4 heteroatoms. The van der Waals surface area contributed by atoms with Crippen LogP contribution >= 0.6 is 11.6 Å². The third kappa shape index (κ3) is 3.02. The Bertz CT molecular complexity index is 436. The first-order valence-electron chi connectivity index (χ1n) is 6.44. The van der Waals surface area contributed by atoms with Gasteiger partial charge in [-0.2, -0.15) is 0 Å². The zero-order valence-electron chi connectivity index (χ0n) is 10.5. The molecule has 1 aliphatic rings. The van der Waals surface area contributed by atoms with Crippen LogP contribution < -0.4 is 0 Å². The fraction of sp³-hybridized carbons (Fsp3) is 0.571. The molecule has 1 aliphatic carbocycles. The number of para-hydroxylation sites is 1. The highest BCUT2D eigenvalue weighted by Crippen LogP contribution is 2.36. The molecule has 0 radical (unpaired) electrons. The molecule has 0 saturated heterocycles. The monoisotopic (exact) mass is 267 g/mol. The molecule has 3 atom stereocenters. The molecule has 1 aromatic carbocycles. The van der Waals surface area contributed by atoms with Crippen molar-refractivity contribution in [1.82, 2.24) is 0 Å². The van der Waals surface area contributed by atoms with Gasteiger partial charge in [0.25, 0.3) is 5.69 Å². The molecule has 0 bridgehead atoms. The van der Waals surface area contributed by atoms with E-state index in [4.69, 9.17) is 11.6 Å². The normalized spacial score (nSPS) is 28.0. The zero-order chi connectivity index (χ0) is 13.1. The summed E-state index contributed by atoms with van der Waals surface area (Å²) in [4.78, 5) is 10.7. The summed E-state index contributed by atoms with van der Waals surface area (Å²) in [5, 5.41) is 11.1. The fourth-order valence-electron chi connectivity index (χ4n) is 2.82. The first kappa shape index (κ1) is 13.3. The van der Waals surface area contributed by atoms with Crippen molar-refractivity contribution in [2.45, 2.75) is 38.0 Å². The summed E-state index contributed by atoms with van der Waals surface area (Å²) in [5.74, 6) is 1.03. The molecule has 3 unspecified atom stereocenters. The molecule has 18 heavy (non-hydrogen) atoms. The molecule has 2 rings (SSSR count). The summed E-state index contributed by atoms with van der Waals surface area (Å²) in [7, 11) is 0. The molecular weight excluding hydrogens is 250 g/mol. The van der Waals surface area contributed by atoms with Gasteiger partial charge in [-0.1, -0.05) is 25.1 Å². The van der Waals surface area contributed by atoms with Gasteiger partial charge in [-0.25, -0.2) is 0 Å². The van der Waals surface area contributed by atoms with Crippen molar-refractivity contribution < 1.29 is 4.92 Å². The number of alkyl halides is 1. The average molecular weight is 268 g/mol. The SMILES string of the molecule is CC1CCC(Cl)C(Cc2ccccc2[N+](=O)[O-])C1. The quantitative estimate of drug-likeness (QED) is 0.468. The average Bonchev–Trinajstić information content (AvgIpc) is 2.34. The van der Waals surface area contributed by atoms with Crippen LogP contribution in [0, 0.1) is 22.0 Å². The highest BCUT2D eigenvalue weighted by Gasteiger charge is 2.28. The molecule has 3 nitrogen and oxygen atoms in total. The van der Waals surface area contributed by atoms with Crippen molar-refractivity contribution in [3.8, 4) is 0 Å². The molecule has 0 aliphatic heterocycles. The molecule has 1 fully saturated rings. The van der Waals surface area contributed by atoms with Gasteiger partial charge in [-0.15, -0.1) is 11.6 Å². The largest absolute Gasteiger partial charge is 0.272 e. The lowest BCUT2D eigenvalue weighted by Gasteiger charge is -2.31. The topological polar surface area (TPSA) is 43.1 Å². The number of benzene rings is 1. The summed E-state index contributed by atoms with van der Waals surface area (Å²) in [6.07, 6.45) is 3.98. The summed E-state index contributed by atoms with van der Waals surface area (Å²) in [6.45, 7) is 2.23. The second-order valence-electron chi connectivity index (χ2n) is 5.28. The third-order valence-corrected chi connectivity index (χ3v) is 4.40. The number of nitro benzene ring substituents is 1. The second-order valence-corrected chi connectivity index (χ2v) is 5.84. The minimum absolute atomic E-state index is 0.154. The maximum atomic E-state index is 11.0. The van der Waals surface area contributed by atoms with Crippen molar-refractivity contribution in [2.75, 3.05) is 0 Å². The van der Waals surface area contributed by atoms with Crippen LogP contribution in [0.2, 0.25) is 0 Å². The Labute approximate surface area is 112 Å². The van der Waals surface area contributed by atoms with Gasteiger partial charge in [0.2, 0.25) is 0 Å². The minimum atomic E-state index is -0.301. The van der Waals surface area contributed by atoms with Gasteiger partial charge in [-0.3, -0.25) is 10.1 Å². The Kier molecular flexibility index (Phi) is 4.23. The molecule has 1 aromatic rings. The summed E-state index contributed by atoms with van der Waals surface area (Å²) >= 11 is 6.36. The van der Waals surface area contributed by atoms with Gasteiger partial charge < -0.3 is 0 Å². The maximum absolute atomic E-state index is 11.0. The predicted octanol–water partition coefficient (Wildman–Crippen LogP) is 4.18. The van der Waals surface area contributed by atoms with E-state index in [1.54, 1.807) is 12.1 Å². The van der Waals surface area contributed by atoms with Gasteiger partial charge in [0.05, 0.1) is 4.92 Å². The molecule has 0 heterocycles. The molecule has 0 spiro atoms. The van der Waals surface area contributed by atoms with E-state index in [1.807, 2.05) is 12.1 Å². The highest BCUT2D eigenvalue weighted by atomic mass is 35.5. The zero-order valence-corrected chi connectivity index (χ0v) is 11.3. The first-order chi connectivity index (χ1) is 8.58. The lowest BCUT2D eigenvalue weighted by atomic mass is 9.79. The summed E-state index contributed by atoms with van der Waals surface area (Å²) in [5.41, 5.74) is 1.03. The van der Waals surface area contributed by atoms with Gasteiger partial charge in [0.15, 0.2) is 0 Å². The summed E-state index contributed by atoms with van der Waals surface area (Å²) in [6, 6.07) is 6.99. The first-order valence-corrected chi connectivity index (χ1v) is 6.88. The number of halogens is 1. The van der Waals surface area contributed by atoms with Gasteiger partial charge in [0, 0.05) is 17.0 Å². The van der Waals surface area contributed by atoms with Crippen LogP contribution in [0.5, 0.6) is 0 Å². The van der Waals surface area contributed by atoms with Gasteiger partial charge in [0.1, 0.15) is 0 Å². The van der Waals surface area contributed by atoms with Gasteiger partial charge in [-0.05, 0) is 37.5 Å². The van der Waals surface area contributed by atoms with Crippen molar-refractivity contribution in [1.29, 1.82) is 0 Å². The van der Waals surface area contributed by atoms with E-state index in [2.05, 4.69) is 6.92 Å². The number of nitro groups is 1. The van der Waals surface area contributed by atoms with E-state index in [9.17, 15) is 10.1 Å². The smallest absolute Gasteiger partial charge is 0.258 e. The Hall–Kier alpha value is -1.09. The molecule has 0 N–H and O–H groups in total. The van der Waals surface area contributed by atoms with Gasteiger partial charge >= 0.3 is 0 Å². The van der Waals surface area contributed by atoms with E-state index in [-0.39, 0.29) is 16.0 Å². The van der Waals surface area contributed by atoms with Crippen LogP contribution in [0.1, 0.15) is 31.7 Å². The van der Waals surface area contributed by atoms with E-state index in [0.29, 0.717) is 11.8 Å². The van der Waals surface area contributed by atoms with Crippen molar-refractivity contribution in [2.24, 2.45) is 11.8 Å². The van der Waals surface area contributed by atoms with Crippen molar-refractivity contribution in [3.05, 3.63) is 39.9 Å². The van der Waals surface area contributed by atoms with Crippen LogP contribution in [0.4, 0.5) is 5.69 Å². The van der Waals surface area contributed by atoms with E-state index in [1.165, 1.54) is 6.42 Å². The van der Waals surface area contributed by atoms with Crippen LogP contribution in [-0.4, -0.2) is 10.3 Å². The standard InChI is InChI=1S/C14H18ClNO2/c1-10-6-7-13(15)12(8-10)9-11-4-2-3-5-14(11)16(17)18/h2-5,10,12-13H,6-9H2,1H3. The van der Waals surface area contributed by atoms with Crippen LogP contribution in [0.25, 0.3) is 0 Å². The van der Waals surface area contributed by atoms with Crippen LogP contribution in [0.3, 0.4) is 0 Å². The summed E-state index contributed by atoms with van der Waals surface area (Å²) < 4.78 is 0. The Balaban J connectivity index is 2.15. The van der Waals surface area contributed by atoms with Crippen molar-refractivity contribution >= 4 is 17.3 Å². The minimum Gasteiger partial charge on any atom is -0.258 e. The van der Waals surface area contributed by atoms with E-state index >= 15 is 0 Å².